The third-order valence-corrected chi connectivity index (χ3v) is 7.31. The summed E-state index contributed by atoms with van der Waals surface area (Å²) in [6.07, 6.45) is 1.51. The Hall–Kier alpha value is -6.54. The molecular formula is C36H39N13O. The molecule has 6 aromatic rings. The van der Waals surface area contributed by atoms with Gasteiger partial charge in [-0.1, -0.05) is 60.7 Å². The van der Waals surface area contributed by atoms with Gasteiger partial charge < -0.3 is 42.7 Å². The maximum atomic E-state index is 9.24. The molecule has 0 aliphatic rings. The number of aliphatic hydroxyl groups excluding tert-OH is 1. The van der Waals surface area contributed by atoms with Crippen LogP contribution in [0.15, 0.2) is 109 Å². The number of hydrogen-bond donors (Lipinski definition) is 8. The first kappa shape index (κ1) is 33.4. The fraction of sp³-hybridized carbons (Fsp3) is 0.167. The molecule has 2 aromatic heterocycles. The van der Waals surface area contributed by atoms with Crippen LogP contribution in [0.1, 0.15) is 11.1 Å². The summed E-state index contributed by atoms with van der Waals surface area (Å²) in [4.78, 5) is 27.2. The number of nitrogens with one attached hydrogen (secondary N) is 6. The molecule has 0 unspecified atom stereocenters. The second-order valence-electron chi connectivity index (χ2n) is 11.2. The quantitative estimate of drug-likeness (QED) is 0.0560. The van der Waals surface area contributed by atoms with Crippen molar-refractivity contribution < 1.29 is 5.11 Å². The molecule has 0 fully saturated rings. The molecule has 0 aliphatic carbocycles. The van der Waals surface area contributed by atoms with E-state index in [0.717, 1.165) is 46.7 Å². The minimum absolute atomic E-state index is 0.0386. The zero-order chi connectivity index (χ0) is 34.4. The van der Waals surface area contributed by atoms with Crippen LogP contribution in [0, 0.1) is 0 Å². The number of anilines is 10. The summed E-state index contributed by atoms with van der Waals surface area (Å²) in [6, 6.07) is 35.3. The van der Waals surface area contributed by atoms with Crippen LogP contribution >= 0.6 is 0 Å². The van der Waals surface area contributed by atoms with Gasteiger partial charge in [-0.25, -0.2) is 0 Å². The summed E-state index contributed by atoms with van der Waals surface area (Å²) < 4.78 is 0. The van der Waals surface area contributed by atoms with E-state index in [2.05, 4.69) is 61.8 Å². The molecule has 6 rings (SSSR count). The van der Waals surface area contributed by atoms with Crippen molar-refractivity contribution in [2.24, 2.45) is 0 Å². The first-order valence-electron chi connectivity index (χ1n) is 16.3. The van der Waals surface area contributed by atoms with Gasteiger partial charge in [0.2, 0.25) is 35.7 Å². The van der Waals surface area contributed by atoms with Crippen molar-refractivity contribution in [3.63, 3.8) is 0 Å². The van der Waals surface area contributed by atoms with Crippen LogP contribution in [0.5, 0.6) is 0 Å². The summed E-state index contributed by atoms with van der Waals surface area (Å²) in [7, 11) is 0. The van der Waals surface area contributed by atoms with Gasteiger partial charge in [-0.05, 0) is 72.5 Å². The molecule has 4 aromatic carbocycles. The summed E-state index contributed by atoms with van der Waals surface area (Å²) in [5, 5.41) is 28.6. The lowest BCUT2D eigenvalue weighted by atomic mass is 10.1. The number of nitrogens with zero attached hydrogens (tertiary/aromatic N) is 6. The van der Waals surface area contributed by atoms with E-state index >= 15 is 0 Å². The van der Waals surface area contributed by atoms with Crippen LogP contribution in [-0.4, -0.2) is 61.3 Å². The maximum Gasteiger partial charge on any atom is 0.233 e. The molecule has 50 heavy (non-hydrogen) atoms. The van der Waals surface area contributed by atoms with Crippen LogP contribution in [-0.2, 0) is 12.8 Å². The minimum atomic E-state index is -0.0386. The first-order chi connectivity index (χ1) is 24.6. The fourth-order valence-electron chi connectivity index (χ4n) is 4.83. The lowest BCUT2D eigenvalue weighted by molar-refractivity contribution is 0.311. The van der Waals surface area contributed by atoms with Crippen LogP contribution in [0.4, 0.5) is 58.4 Å². The molecule has 0 bridgehead atoms. The van der Waals surface area contributed by atoms with E-state index in [-0.39, 0.29) is 6.61 Å². The SMILES string of the molecule is Nc1ccc(CCNc2nc(Nc3ccccc3)nc(Nc3ccc(CCNc4nc(NCCO)nc(Nc5ccccc5)n4)cc3)n2)cc1. The summed E-state index contributed by atoms with van der Waals surface area (Å²) >= 11 is 0. The standard InChI is InChI=1S/C36H39N13O/c37-27-15-11-25(12-16-27)19-21-39-32-46-35(42-29-9-5-2-6-10-29)49-36(47-32)43-30-17-13-26(14-18-30)20-22-38-31-44-33(40-23-24-50)48-34(45-31)41-28-7-3-1-4-8-28/h1-18,50H,19-24,37H2,(H3,38,40,41,44,45,48)(H3,39,42,43,46,47,49). The van der Waals surface area contributed by atoms with Crippen molar-refractivity contribution >= 4 is 58.4 Å². The average Bonchev–Trinajstić information content (AvgIpc) is 3.13. The zero-order valence-electron chi connectivity index (χ0n) is 27.3. The van der Waals surface area contributed by atoms with Crippen LogP contribution in [0.3, 0.4) is 0 Å². The average molecular weight is 670 g/mol. The lowest BCUT2D eigenvalue weighted by Crippen LogP contribution is -2.14. The Balaban J connectivity index is 1.08. The number of nitrogen functional groups attached to an aromatic ring is 1. The van der Waals surface area contributed by atoms with Crippen molar-refractivity contribution in [3.8, 4) is 0 Å². The summed E-state index contributed by atoms with van der Waals surface area (Å²) in [5.74, 6) is 2.46. The zero-order valence-corrected chi connectivity index (χ0v) is 27.3. The maximum absolute atomic E-state index is 9.24. The van der Waals surface area contributed by atoms with Crippen LogP contribution in [0.2, 0.25) is 0 Å². The highest BCUT2D eigenvalue weighted by atomic mass is 16.3. The number of para-hydroxylation sites is 2. The van der Waals surface area contributed by atoms with Crippen LogP contribution in [0.25, 0.3) is 0 Å². The van der Waals surface area contributed by atoms with E-state index in [1.807, 2.05) is 109 Å². The van der Waals surface area contributed by atoms with Gasteiger partial charge in [0.1, 0.15) is 0 Å². The van der Waals surface area contributed by atoms with Gasteiger partial charge in [0.25, 0.3) is 0 Å². The molecule has 14 heteroatoms. The van der Waals surface area contributed by atoms with E-state index in [9.17, 15) is 5.11 Å². The number of rotatable bonds is 17. The topological polar surface area (TPSA) is 196 Å². The Morgan fingerprint density at radius 3 is 1.22 bits per heavy atom. The predicted molar refractivity (Wildman–Crippen MR) is 200 cm³/mol. The number of aliphatic hydroxyl groups is 1. The van der Waals surface area contributed by atoms with Gasteiger partial charge in [-0.3, -0.25) is 0 Å². The van der Waals surface area contributed by atoms with E-state index in [1.54, 1.807) is 0 Å². The Labute approximate surface area is 290 Å². The van der Waals surface area contributed by atoms with Crippen molar-refractivity contribution in [2.45, 2.75) is 12.8 Å². The monoisotopic (exact) mass is 669 g/mol. The van der Waals surface area contributed by atoms with Gasteiger partial charge in [-0.2, -0.15) is 29.9 Å². The van der Waals surface area contributed by atoms with E-state index in [1.165, 1.54) is 0 Å². The van der Waals surface area contributed by atoms with Crippen molar-refractivity contribution in [2.75, 3.05) is 63.9 Å². The van der Waals surface area contributed by atoms with Gasteiger partial charge in [0, 0.05) is 42.4 Å². The summed E-state index contributed by atoms with van der Waals surface area (Å²) in [5.41, 5.74) is 11.4. The molecule has 0 aliphatic heterocycles. The van der Waals surface area contributed by atoms with Gasteiger partial charge in [0.15, 0.2) is 0 Å². The molecule has 0 saturated carbocycles. The third-order valence-electron chi connectivity index (χ3n) is 7.31. The van der Waals surface area contributed by atoms with E-state index in [0.29, 0.717) is 55.3 Å². The molecule has 0 saturated heterocycles. The highest BCUT2D eigenvalue weighted by Crippen LogP contribution is 2.20. The Morgan fingerprint density at radius 2 is 0.780 bits per heavy atom. The Kier molecular flexibility index (Phi) is 11.4. The number of hydrogen-bond acceptors (Lipinski definition) is 14. The molecule has 254 valence electrons. The Bertz CT molecular complexity index is 1930. The molecule has 0 atom stereocenters. The largest absolute Gasteiger partial charge is 0.399 e. The molecule has 2 heterocycles. The summed E-state index contributed by atoms with van der Waals surface area (Å²) in [6.45, 7) is 1.51. The second kappa shape index (κ2) is 17.0. The number of benzene rings is 4. The van der Waals surface area contributed by atoms with Crippen molar-refractivity contribution in [3.05, 3.63) is 120 Å². The fourth-order valence-corrected chi connectivity index (χ4v) is 4.83. The van der Waals surface area contributed by atoms with E-state index < -0.39 is 0 Å². The van der Waals surface area contributed by atoms with Crippen LogP contribution < -0.4 is 37.6 Å². The minimum Gasteiger partial charge on any atom is -0.399 e. The normalized spacial score (nSPS) is 10.7. The molecule has 9 N–H and O–H groups in total. The van der Waals surface area contributed by atoms with Crippen molar-refractivity contribution in [1.82, 2.24) is 29.9 Å². The third kappa shape index (κ3) is 10.2. The molecule has 0 spiro atoms. The van der Waals surface area contributed by atoms with E-state index in [4.69, 9.17) is 5.73 Å². The van der Waals surface area contributed by atoms with Gasteiger partial charge in [-0.15, -0.1) is 0 Å². The highest BCUT2D eigenvalue weighted by molar-refractivity contribution is 5.60. The first-order valence-corrected chi connectivity index (χ1v) is 16.3. The second-order valence-corrected chi connectivity index (χ2v) is 11.2. The van der Waals surface area contributed by atoms with Gasteiger partial charge >= 0.3 is 0 Å². The molecule has 14 nitrogen and oxygen atoms in total. The number of aromatic nitrogens is 6. The molecule has 0 radical (unpaired) electrons. The lowest BCUT2D eigenvalue weighted by Gasteiger charge is -2.12. The molecule has 0 amide bonds. The predicted octanol–water partition coefficient (Wildman–Crippen LogP) is 5.58. The molecular weight excluding hydrogens is 630 g/mol. The van der Waals surface area contributed by atoms with Crippen molar-refractivity contribution in [1.29, 1.82) is 0 Å². The van der Waals surface area contributed by atoms with Gasteiger partial charge in [0.05, 0.1) is 6.61 Å². The smallest absolute Gasteiger partial charge is 0.233 e. The highest BCUT2D eigenvalue weighted by Gasteiger charge is 2.10. The number of nitrogens with two attached hydrogens (primary N) is 1. The Morgan fingerprint density at radius 1 is 0.420 bits per heavy atom.